The molecule has 1 aliphatic rings. The van der Waals surface area contributed by atoms with Crippen molar-refractivity contribution in [2.75, 3.05) is 0 Å². The van der Waals surface area contributed by atoms with Gasteiger partial charge in [0.15, 0.2) is 17.4 Å². The van der Waals surface area contributed by atoms with Crippen LogP contribution in [0.3, 0.4) is 0 Å². The quantitative estimate of drug-likeness (QED) is 0.711. The van der Waals surface area contributed by atoms with Crippen LogP contribution in [0, 0.1) is 0 Å². The van der Waals surface area contributed by atoms with Gasteiger partial charge in [0, 0.05) is 25.0 Å². The third kappa shape index (κ3) is 1.99. The summed E-state index contributed by atoms with van der Waals surface area (Å²) in [5.41, 5.74) is 1.49. The number of fused-ring (bicyclic) bond motifs is 1. The number of ketones is 1. The highest BCUT2D eigenvalue weighted by molar-refractivity contribution is 5.97. The monoisotopic (exact) mass is 240 g/mol. The largest absolute Gasteiger partial charge is 0.294 e. The summed E-state index contributed by atoms with van der Waals surface area (Å²) in [5, 5.41) is 0. The van der Waals surface area contributed by atoms with Gasteiger partial charge in [-0.15, -0.1) is 0 Å². The lowest BCUT2D eigenvalue weighted by Crippen LogP contribution is -2.06. The average Bonchev–Trinajstić information content (AvgIpc) is 2.61. The number of aryl methyl sites for hydroxylation is 1. The molecular formula is C13H12N4O. The number of hydrogen-bond acceptors (Lipinski definition) is 5. The summed E-state index contributed by atoms with van der Waals surface area (Å²) < 4.78 is 0. The number of nitrogens with zero attached hydrogens (tertiary/aromatic N) is 4. The molecule has 0 fully saturated rings. The summed E-state index contributed by atoms with van der Waals surface area (Å²) >= 11 is 0. The van der Waals surface area contributed by atoms with Crippen LogP contribution in [-0.4, -0.2) is 25.7 Å². The molecule has 0 saturated heterocycles. The molecule has 2 aromatic rings. The van der Waals surface area contributed by atoms with E-state index in [1.807, 2.05) is 0 Å². The molecule has 2 heterocycles. The van der Waals surface area contributed by atoms with Gasteiger partial charge in [0.05, 0.1) is 11.3 Å². The molecule has 3 rings (SSSR count). The SMILES string of the molecule is O=C1CCCCc2nc(-c3ncccn3)ncc21. The Balaban J connectivity index is 2.06. The smallest absolute Gasteiger partial charge is 0.197 e. The molecule has 0 unspecified atom stereocenters. The minimum atomic E-state index is 0.142. The fourth-order valence-electron chi connectivity index (χ4n) is 2.08. The summed E-state index contributed by atoms with van der Waals surface area (Å²) in [5.74, 6) is 1.13. The van der Waals surface area contributed by atoms with Gasteiger partial charge in [-0.3, -0.25) is 4.79 Å². The number of hydrogen-bond donors (Lipinski definition) is 0. The highest BCUT2D eigenvalue weighted by Crippen LogP contribution is 2.20. The van der Waals surface area contributed by atoms with Gasteiger partial charge in [-0.25, -0.2) is 19.9 Å². The minimum Gasteiger partial charge on any atom is -0.294 e. The summed E-state index contributed by atoms with van der Waals surface area (Å²) in [4.78, 5) is 28.7. The van der Waals surface area contributed by atoms with E-state index in [1.165, 1.54) is 0 Å². The van der Waals surface area contributed by atoms with Crippen LogP contribution < -0.4 is 0 Å². The van der Waals surface area contributed by atoms with Crippen LogP contribution in [-0.2, 0) is 6.42 Å². The van der Waals surface area contributed by atoms with Gasteiger partial charge in [0.25, 0.3) is 0 Å². The molecule has 0 amide bonds. The maximum atomic E-state index is 11.8. The van der Waals surface area contributed by atoms with E-state index in [2.05, 4.69) is 19.9 Å². The van der Waals surface area contributed by atoms with Gasteiger partial charge < -0.3 is 0 Å². The Labute approximate surface area is 104 Å². The Kier molecular flexibility index (Phi) is 2.80. The molecule has 0 atom stereocenters. The zero-order valence-corrected chi connectivity index (χ0v) is 9.83. The lowest BCUT2D eigenvalue weighted by Gasteiger charge is -2.04. The maximum absolute atomic E-state index is 11.8. The predicted octanol–water partition coefficient (Wildman–Crippen LogP) is 1.84. The number of Topliss-reactive ketones (excluding diaryl/α,β-unsaturated/α-hetero) is 1. The second-order valence-corrected chi connectivity index (χ2v) is 4.26. The van der Waals surface area contributed by atoms with Crippen molar-refractivity contribution in [3.8, 4) is 11.6 Å². The topological polar surface area (TPSA) is 68.6 Å². The highest BCUT2D eigenvalue weighted by Gasteiger charge is 2.18. The molecule has 5 nitrogen and oxygen atoms in total. The van der Waals surface area contributed by atoms with Gasteiger partial charge >= 0.3 is 0 Å². The molecule has 0 radical (unpaired) electrons. The van der Waals surface area contributed by atoms with Crippen LogP contribution in [0.2, 0.25) is 0 Å². The first-order valence-electron chi connectivity index (χ1n) is 6.01. The standard InChI is InChI=1S/C13H12N4O/c18-11-5-2-1-4-10-9(11)8-16-13(17-10)12-14-6-3-7-15-12/h3,6-8H,1-2,4-5H2. The minimum absolute atomic E-state index is 0.142. The van der Waals surface area contributed by atoms with Crippen LogP contribution in [0.15, 0.2) is 24.7 Å². The van der Waals surface area contributed by atoms with E-state index < -0.39 is 0 Å². The number of carbonyl (C=O) groups is 1. The van der Waals surface area contributed by atoms with E-state index in [0.717, 1.165) is 25.0 Å². The van der Waals surface area contributed by atoms with Crippen molar-refractivity contribution < 1.29 is 4.79 Å². The van der Waals surface area contributed by atoms with Gasteiger partial charge in [-0.1, -0.05) is 0 Å². The maximum Gasteiger partial charge on any atom is 0.197 e. The molecule has 1 aliphatic carbocycles. The Morgan fingerprint density at radius 2 is 1.72 bits per heavy atom. The number of carbonyl (C=O) groups excluding carboxylic acids is 1. The second kappa shape index (κ2) is 4.60. The normalized spacial score (nSPS) is 15.0. The molecule has 5 heteroatoms. The lowest BCUT2D eigenvalue weighted by atomic mass is 10.1. The van der Waals surface area contributed by atoms with Gasteiger partial charge in [-0.2, -0.15) is 0 Å². The zero-order chi connectivity index (χ0) is 12.4. The Morgan fingerprint density at radius 1 is 0.944 bits per heavy atom. The van der Waals surface area contributed by atoms with Crippen molar-refractivity contribution in [3.63, 3.8) is 0 Å². The molecule has 0 aromatic carbocycles. The third-order valence-corrected chi connectivity index (χ3v) is 3.00. The molecule has 2 aromatic heterocycles. The second-order valence-electron chi connectivity index (χ2n) is 4.26. The van der Waals surface area contributed by atoms with Crippen LogP contribution in [0.5, 0.6) is 0 Å². The van der Waals surface area contributed by atoms with Crippen molar-refractivity contribution in [2.24, 2.45) is 0 Å². The van der Waals surface area contributed by atoms with Crippen molar-refractivity contribution >= 4 is 5.78 Å². The Morgan fingerprint density at radius 3 is 2.56 bits per heavy atom. The number of rotatable bonds is 1. The number of aromatic nitrogens is 4. The van der Waals surface area contributed by atoms with Gasteiger partial charge in [0.1, 0.15) is 0 Å². The zero-order valence-electron chi connectivity index (χ0n) is 9.83. The predicted molar refractivity (Wildman–Crippen MR) is 64.9 cm³/mol. The van der Waals surface area contributed by atoms with E-state index in [9.17, 15) is 4.79 Å². The van der Waals surface area contributed by atoms with Crippen molar-refractivity contribution in [2.45, 2.75) is 25.7 Å². The third-order valence-electron chi connectivity index (χ3n) is 3.00. The first-order chi connectivity index (χ1) is 8.84. The molecule has 0 spiro atoms. The molecule has 18 heavy (non-hydrogen) atoms. The highest BCUT2D eigenvalue weighted by atomic mass is 16.1. The Bertz CT molecular complexity index is 583. The average molecular weight is 240 g/mol. The van der Waals surface area contributed by atoms with E-state index >= 15 is 0 Å². The summed E-state index contributed by atoms with van der Waals surface area (Å²) in [6.45, 7) is 0. The molecule has 0 N–H and O–H groups in total. The Hall–Kier alpha value is -2.17. The van der Waals surface area contributed by atoms with Crippen molar-refractivity contribution in [3.05, 3.63) is 35.9 Å². The molecule has 0 bridgehead atoms. The lowest BCUT2D eigenvalue weighted by molar-refractivity contribution is 0.0981. The summed E-state index contributed by atoms with van der Waals surface area (Å²) in [6.07, 6.45) is 8.25. The first kappa shape index (κ1) is 11.0. The van der Waals surface area contributed by atoms with Crippen LogP contribution in [0.1, 0.15) is 35.3 Å². The van der Waals surface area contributed by atoms with E-state index in [-0.39, 0.29) is 5.78 Å². The van der Waals surface area contributed by atoms with Gasteiger partial charge in [-0.05, 0) is 25.3 Å². The van der Waals surface area contributed by atoms with E-state index in [4.69, 9.17) is 0 Å². The molecule has 90 valence electrons. The fraction of sp³-hybridized carbons (Fsp3) is 0.308. The first-order valence-corrected chi connectivity index (χ1v) is 6.01. The molecular weight excluding hydrogens is 228 g/mol. The van der Waals surface area contributed by atoms with Crippen LogP contribution >= 0.6 is 0 Å². The summed E-state index contributed by atoms with van der Waals surface area (Å²) in [7, 11) is 0. The van der Waals surface area contributed by atoms with E-state index in [0.29, 0.717) is 23.6 Å². The van der Waals surface area contributed by atoms with Gasteiger partial charge in [0.2, 0.25) is 0 Å². The molecule has 0 aliphatic heterocycles. The van der Waals surface area contributed by atoms with Crippen LogP contribution in [0.4, 0.5) is 0 Å². The fourth-order valence-corrected chi connectivity index (χ4v) is 2.08. The van der Waals surface area contributed by atoms with E-state index in [1.54, 1.807) is 24.7 Å². The van der Waals surface area contributed by atoms with Crippen LogP contribution in [0.25, 0.3) is 11.6 Å². The van der Waals surface area contributed by atoms with Crippen molar-refractivity contribution in [1.82, 2.24) is 19.9 Å². The summed E-state index contributed by atoms with van der Waals surface area (Å²) in [6, 6.07) is 1.75. The molecule has 0 saturated carbocycles. The van der Waals surface area contributed by atoms with Crippen molar-refractivity contribution in [1.29, 1.82) is 0 Å².